The Morgan fingerprint density at radius 3 is 2.63 bits per heavy atom. The number of hydrogen-bond donors (Lipinski definition) is 2. The zero-order chi connectivity index (χ0) is 14.3. The minimum absolute atomic E-state index is 0.344. The second-order valence-corrected chi connectivity index (χ2v) is 4.71. The average Bonchev–Trinajstić information content (AvgIpc) is 2.40. The predicted octanol–water partition coefficient (Wildman–Crippen LogP) is 2.20. The highest BCUT2D eigenvalue weighted by molar-refractivity contribution is 5.87. The van der Waals surface area contributed by atoms with Crippen LogP contribution in [0.2, 0.25) is 0 Å². The van der Waals surface area contributed by atoms with Gasteiger partial charge in [-0.2, -0.15) is 0 Å². The largest absolute Gasteiger partial charge is 0.478 e. The van der Waals surface area contributed by atoms with Gasteiger partial charge in [0.15, 0.2) is 0 Å². The number of carbonyl (C=O) groups is 1. The fourth-order valence-corrected chi connectivity index (χ4v) is 2.22. The maximum atomic E-state index is 10.9. The second-order valence-electron chi connectivity index (χ2n) is 4.71. The number of likely N-dealkylation sites (N-methyl/N-ethyl adjacent to an activating group) is 1. The van der Waals surface area contributed by atoms with E-state index in [-0.39, 0.29) is 0 Å². The highest BCUT2D eigenvalue weighted by atomic mass is 16.4. The normalized spacial score (nSPS) is 12.6. The van der Waals surface area contributed by atoms with Gasteiger partial charge in [0.2, 0.25) is 0 Å². The van der Waals surface area contributed by atoms with Crippen molar-refractivity contribution in [3.8, 4) is 0 Å². The average molecular weight is 264 g/mol. The number of rotatable bonds is 8. The third-order valence-corrected chi connectivity index (χ3v) is 3.38. The van der Waals surface area contributed by atoms with Gasteiger partial charge in [-0.05, 0) is 37.7 Å². The summed E-state index contributed by atoms with van der Waals surface area (Å²) in [6, 6.07) is 7.55. The molecule has 0 aliphatic carbocycles. The Kier molecular flexibility index (Phi) is 6.53. The van der Waals surface area contributed by atoms with Crippen LogP contribution in [0, 0.1) is 0 Å². The molecule has 0 aromatic heterocycles. The number of nitrogens with zero attached hydrogens (tertiary/aromatic N) is 1. The number of aromatic carboxylic acids is 1. The van der Waals surface area contributed by atoms with E-state index in [0.29, 0.717) is 18.2 Å². The standard InChI is InChI=1S/C15H24N2O2/c1-4-17(5-2)12(3)10-16-11-13-7-6-8-14(9-13)15(18)19/h6-9,12,16H,4-5,10-11H2,1-3H3,(H,18,19)/t12-/m1/s1. The van der Waals surface area contributed by atoms with Crippen molar-refractivity contribution >= 4 is 5.97 Å². The Hall–Kier alpha value is -1.39. The summed E-state index contributed by atoms with van der Waals surface area (Å²) in [6.07, 6.45) is 0. The number of nitrogens with one attached hydrogen (secondary N) is 1. The highest BCUT2D eigenvalue weighted by Crippen LogP contribution is 2.05. The molecule has 0 amide bonds. The summed E-state index contributed by atoms with van der Waals surface area (Å²) in [5.74, 6) is -0.877. The van der Waals surface area contributed by atoms with E-state index in [4.69, 9.17) is 5.11 Å². The molecule has 0 aliphatic heterocycles. The summed E-state index contributed by atoms with van der Waals surface area (Å²) in [5, 5.41) is 12.3. The number of carboxylic acid groups (broad SMARTS) is 1. The molecule has 1 aromatic rings. The Morgan fingerprint density at radius 2 is 2.05 bits per heavy atom. The molecule has 1 rings (SSSR count). The zero-order valence-corrected chi connectivity index (χ0v) is 12.0. The molecule has 0 aliphatic rings. The molecule has 0 heterocycles. The third kappa shape index (κ3) is 5.01. The second kappa shape index (κ2) is 7.92. The molecule has 0 saturated carbocycles. The lowest BCUT2D eigenvalue weighted by molar-refractivity contribution is 0.0696. The molecule has 19 heavy (non-hydrogen) atoms. The molecular formula is C15H24N2O2. The topological polar surface area (TPSA) is 52.6 Å². The van der Waals surface area contributed by atoms with E-state index < -0.39 is 5.97 Å². The maximum absolute atomic E-state index is 10.9. The third-order valence-electron chi connectivity index (χ3n) is 3.38. The minimum Gasteiger partial charge on any atom is -0.478 e. The van der Waals surface area contributed by atoms with Crippen molar-refractivity contribution in [3.05, 3.63) is 35.4 Å². The molecule has 1 aromatic carbocycles. The molecule has 4 nitrogen and oxygen atoms in total. The SMILES string of the molecule is CCN(CC)[C@H](C)CNCc1cccc(C(=O)O)c1. The van der Waals surface area contributed by atoms with Gasteiger partial charge in [-0.15, -0.1) is 0 Å². The first-order valence-electron chi connectivity index (χ1n) is 6.85. The van der Waals surface area contributed by atoms with E-state index in [9.17, 15) is 4.79 Å². The van der Waals surface area contributed by atoms with E-state index in [1.165, 1.54) is 0 Å². The fraction of sp³-hybridized carbons (Fsp3) is 0.533. The maximum Gasteiger partial charge on any atom is 0.335 e. The smallest absolute Gasteiger partial charge is 0.335 e. The molecule has 0 radical (unpaired) electrons. The van der Waals surface area contributed by atoms with E-state index in [1.54, 1.807) is 18.2 Å². The van der Waals surface area contributed by atoms with Gasteiger partial charge in [0.05, 0.1) is 5.56 Å². The molecule has 0 spiro atoms. The van der Waals surface area contributed by atoms with Crippen LogP contribution in [0.25, 0.3) is 0 Å². The molecule has 2 N–H and O–H groups in total. The Bertz CT molecular complexity index is 403. The zero-order valence-electron chi connectivity index (χ0n) is 12.0. The van der Waals surface area contributed by atoms with Crippen LogP contribution >= 0.6 is 0 Å². The van der Waals surface area contributed by atoms with Crippen molar-refractivity contribution in [2.24, 2.45) is 0 Å². The lowest BCUT2D eigenvalue weighted by atomic mass is 10.1. The molecule has 0 saturated heterocycles. The van der Waals surface area contributed by atoms with Crippen LogP contribution in [0.15, 0.2) is 24.3 Å². The summed E-state index contributed by atoms with van der Waals surface area (Å²) >= 11 is 0. The first-order chi connectivity index (χ1) is 9.08. The summed E-state index contributed by atoms with van der Waals surface area (Å²) in [4.78, 5) is 13.3. The van der Waals surface area contributed by atoms with Gasteiger partial charge in [0, 0.05) is 19.1 Å². The summed E-state index contributed by atoms with van der Waals surface area (Å²) < 4.78 is 0. The van der Waals surface area contributed by atoms with Crippen LogP contribution in [0.3, 0.4) is 0 Å². The Labute approximate surface area is 115 Å². The lowest BCUT2D eigenvalue weighted by Crippen LogP contribution is -2.39. The van der Waals surface area contributed by atoms with Crippen LogP contribution in [-0.4, -0.2) is 41.7 Å². The number of carboxylic acids is 1. The summed E-state index contributed by atoms with van der Waals surface area (Å²) in [6.45, 7) is 10.2. The van der Waals surface area contributed by atoms with Gasteiger partial charge in [0.25, 0.3) is 0 Å². The molecular weight excluding hydrogens is 240 g/mol. The highest BCUT2D eigenvalue weighted by Gasteiger charge is 2.09. The van der Waals surface area contributed by atoms with Gasteiger partial charge in [-0.3, -0.25) is 4.90 Å². The Morgan fingerprint density at radius 1 is 1.37 bits per heavy atom. The van der Waals surface area contributed by atoms with Crippen LogP contribution in [0.4, 0.5) is 0 Å². The van der Waals surface area contributed by atoms with E-state index >= 15 is 0 Å². The van der Waals surface area contributed by atoms with Gasteiger partial charge in [-0.1, -0.05) is 26.0 Å². The predicted molar refractivity (Wildman–Crippen MR) is 77.5 cm³/mol. The van der Waals surface area contributed by atoms with Gasteiger partial charge < -0.3 is 10.4 Å². The molecule has 106 valence electrons. The fourth-order valence-electron chi connectivity index (χ4n) is 2.22. The van der Waals surface area contributed by atoms with E-state index in [0.717, 1.165) is 25.2 Å². The van der Waals surface area contributed by atoms with Gasteiger partial charge >= 0.3 is 5.97 Å². The first-order valence-corrected chi connectivity index (χ1v) is 6.85. The van der Waals surface area contributed by atoms with Crippen molar-refractivity contribution in [3.63, 3.8) is 0 Å². The quantitative estimate of drug-likeness (QED) is 0.756. The summed E-state index contributed by atoms with van der Waals surface area (Å²) in [5.41, 5.74) is 1.35. The number of hydrogen-bond acceptors (Lipinski definition) is 3. The van der Waals surface area contributed by atoms with Crippen molar-refractivity contribution in [2.75, 3.05) is 19.6 Å². The Balaban J connectivity index is 2.45. The molecule has 0 fully saturated rings. The van der Waals surface area contributed by atoms with E-state index in [2.05, 4.69) is 31.0 Å². The monoisotopic (exact) mass is 264 g/mol. The summed E-state index contributed by atoms with van der Waals surface area (Å²) in [7, 11) is 0. The van der Waals surface area contributed by atoms with Crippen LogP contribution in [0.1, 0.15) is 36.7 Å². The molecule has 1 atom stereocenters. The van der Waals surface area contributed by atoms with Gasteiger partial charge in [0.1, 0.15) is 0 Å². The molecule has 0 bridgehead atoms. The number of benzene rings is 1. The van der Waals surface area contributed by atoms with Crippen molar-refractivity contribution in [2.45, 2.75) is 33.4 Å². The van der Waals surface area contributed by atoms with Crippen molar-refractivity contribution < 1.29 is 9.90 Å². The van der Waals surface area contributed by atoms with Crippen LogP contribution in [0.5, 0.6) is 0 Å². The molecule has 4 heteroatoms. The van der Waals surface area contributed by atoms with Gasteiger partial charge in [-0.25, -0.2) is 4.79 Å². The van der Waals surface area contributed by atoms with Crippen LogP contribution < -0.4 is 5.32 Å². The molecule has 0 unspecified atom stereocenters. The van der Waals surface area contributed by atoms with Crippen LogP contribution in [-0.2, 0) is 6.54 Å². The first kappa shape index (κ1) is 15.7. The van der Waals surface area contributed by atoms with Crippen molar-refractivity contribution in [1.82, 2.24) is 10.2 Å². The lowest BCUT2D eigenvalue weighted by Gasteiger charge is -2.26. The minimum atomic E-state index is -0.877. The van der Waals surface area contributed by atoms with Crippen molar-refractivity contribution in [1.29, 1.82) is 0 Å². The van der Waals surface area contributed by atoms with E-state index in [1.807, 2.05) is 6.07 Å².